The van der Waals surface area contributed by atoms with Crippen LogP contribution in [0.15, 0.2) is 55.0 Å². The van der Waals surface area contributed by atoms with E-state index in [2.05, 4.69) is 37.4 Å². The molecule has 12 heteroatoms. The molecule has 1 aliphatic heterocycles. The quantitative estimate of drug-likeness (QED) is 0.380. The Labute approximate surface area is 215 Å². The van der Waals surface area contributed by atoms with Gasteiger partial charge in [-0.3, -0.25) is 4.31 Å². The molecule has 1 unspecified atom stereocenters. The number of halogens is 1. The maximum Gasteiger partial charge on any atom is 0.233 e. The fourth-order valence-electron chi connectivity index (χ4n) is 4.48. The van der Waals surface area contributed by atoms with Crippen LogP contribution in [0.3, 0.4) is 0 Å². The zero-order valence-electron chi connectivity index (χ0n) is 20.9. The van der Waals surface area contributed by atoms with Crippen LogP contribution in [-0.2, 0) is 16.6 Å². The largest absolute Gasteiger partial charge is 0.364 e. The van der Waals surface area contributed by atoms with Gasteiger partial charge in [0, 0.05) is 68.0 Å². The number of rotatable bonds is 7. The lowest BCUT2D eigenvalue weighted by Crippen LogP contribution is -2.50. The number of fused-ring (bicyclic) bond motifs is 1. The van der Waals surface area contributed by atoms with Gasteiger partial charge >= 0.3 is 0 Å². The molecular formula is C25H29FN8O2S. The molecule has 1 saturated heterocycles. The standard InChI is InChI=1S/C25H29FN8O2S/c1-17-14-27-10-12-34(17)22-7-6-20(13-21(22)26)30-25-29-15-18-8-11-33(24(18)31-25)16-19-5-4-9-28-23(19)32(2)37(3,35)36/h4-9,11,13,15,17,27H,10,12,14,16H2,1-3H3,(H,29,30,31). The molecule has 0 bridgehead atoms. The van der Waals surface area contributed by atoms with Crippen LogP contribution in [0.1, 0.15) is 12.5 Å². The van der Waals surface area contributed by atoms with Gasteiger partial charge in [-0.25, -0.2) is 22.8 Å². The van der Waals surface area contributed by atoms with Gasteiger partial charge < -0.3 is 20.1 Å². The lowest BCUT2D eigenvalue weighted by Gasteiger charge is -2.36. The van der Waals surface area contributed by atoms with Gasteiger partial charge in [-0.2, -0.15) is 4.98 Å². The molecule has 0 aliphatic carbocycles. The summed E-state index contributed by atoms with van der Waals surface area (Å²) in [5, 5.41) is 7.24. The summed E-state index contributed by atoms with van der Waals surface area (Å²) in [7, 11) is -1.99. The van der Waals surface area contributed by atoms with Crippen molar-refractivity contribution in [1.29, 1.82) is 0 Å². The van der Waals surface area contributed by atoms with E-state index in [0.29, 0.717) is 35.3 Å². The number of hydrogen-bond donors (Lipinski definition) is 2. The van der Waals surface area contributed by atoms with Crippen LogP contribution in [0.25, 0.3) is 11.0 Å². The molecule has 0 spiro atoms. The van der Waals surface area contributed by atoms with E-state index in [4.69, 9.17) is 0 Å². The molecule has 2 N–H and O–H groups in total. The van der Waals surface area contributed by atoms with Gasteiger partial charge in [-0.05, 0) is 37.3 Å². The third-order valence-electron chi connectivity index (χ3n) is 6.52. The van der Waals surface area contributed by atoms with Crippen molar-refractivity contribution in [2.75, 3.05) is 47.5 Å². The monoisotopic (exact) mass is 524 g/mol. The lowest BCUT2D eigenvalue weighted by atomic mass is 10.1. The molecule has 1 atom stereocenters. The lowest BCUT2D eigenvalue weighted by molar-refractivity contribution is 0.491. The van der Waals surface area contributed by atoms with Crippen LogP contribution in [0.2, 0.25) is 0 Å². The summed E-state index contributed by atoms with van der Waals surface area (Å²) in [4.78, 5) is 15.4. The number of nitrogens with one attached hydrogen (secondary N) is 2. The van der Waals surface area contributed by atoms with Gasteiger partial charge in [-0.1, -0.05) is 6.07 Å². The maximum absolute atomic E-state index is 15.0. The third-order valence-corrected chi connectivity index (χ3v) is 7.69. The van der Waals surface area contributed by atoms with Crippen molar-refractivity contribution >= 4 is 44.2 Å². The van der Waals surface area contributed by atoms with E-state index in [1.165, 1.54) is 13.1 Å². The number of piperazine rings is 1. The highest BCUT2D eigenvalue weighted by molar-refractivity contribution is 7.92. The smallest absolute Gasteiger partial charge is 0.233 e. The Kier molecular flexibility index (Phi) is 6.69. The molecule has 37 heavy (non-hydrogen) atoms. The molecule has 0 amide bonds. The van der Waals surface area contributed by atoms with Crippen molar-refractivity contribution in [2.24, 2.45) is 0 Å². The van der Waals surface area contributed by atoms with Crippen molar-refractivity contribution in [3.8, 4) is 0 Å². The van der Waals surface area contributed by atoms with Gasteiger partial charge in [0.05, 0.1) is 18.5 Å². The SMILES string of the molecule is CC1CNCCN1c1ccc(Nc2ncc3ccn(Cc4cccnc4N(C)S(C)(=O)=O)c3n2)cc1F. The van der Waals surface area contributed by atoms with Crippen molar-refractivity contribution in [2.45, 2.75) is 19.5 Å². The second-order valence-corrected chi connectivity index (χ2v) is 11.2. The second kappa shape index (κ2) is 9.94. The van der Waals surface area contributed by atoms with Crippen molar-refractivity contribution in [3.05, 3.63) is 66.4 Å². The van der Waals surface area contributed by atoms with E-state index in [-0.39, 0.29) is 11.9 Å². The second-order valence-electron chi connectivity index (χ2n) is 9.17. The number of hydrogen-bond acceptors (Lipinski definition) is 8. The van der Waals surface area contributed by atoms with Crippen LogP contribution in [0.4, 0.5) is 27.5 Å². The summed E-state index contributed by atoms with van der Waals surface area (Å²) in [6.07, 6.45) is 6.26. The number of anilines is 4. The van der Waals surface area contributed by atoms with E-state index in [0.717, 1.165) is 41.1 Å². The molecular weight excluding hydrogens is 495 g/mol. The summed E-state index contributed by atoms with van der Waals surface area (Å²) in [5.74, 6) is 0.380. The summed E-state index contributed by atoms with van der Waals surface area (Å²) < 4.78 is 42.2. The molecule has 1 aromatic carbocycles. The predicted molar refractivity (Wildman–Crippen MR) is 143 cm³/mol. The highest BCUT2D eigenvalue weighted by Crippen LogP contribution is 2.27. The van der Waals surface area contributed by atoms with Gasteiger partial charge in [0.25, 0.3) is 0 Å². The number of nitrogens with zero attached hydrogens (tertiary/aromatic N) is 6. The van der Waals surface area contributed by atoms with E-state index in [1.54, 1.807) is 24.5 Å². The molecule has 4 heterocycles. The van der Waals surface area contributed by atoms with E-state index >= 15 is 4.39 Å². The third kappa shape index (κ3) is 5.20. The van der Waals surface area contributed by atoms with Crippen LogP contribution >= 0.6 is 0 Å². The summed E-state index contributed by atoms with van der Waals surface area (Å²) in [6, 6.07) is 10.8. The molecule has 0 saturated carbocycles. The van der Waals surface area contributed by atoms with E-state index in [1.807, 2.05) is 29.0 Å². The summed E-state index contributed by atoms with van der Waals surface area (Å²) in [6.45, 7) is 4.82. The maximum atomic E-state index is 15.0. The first-order valence-electron chi connectivity index (χ1n) is 11.9. The zero-order valence-corrected chi connectivity index (χ0v) is 21.7. The molecule has 0 radical (unpaired) electrons. The van der Waals surface area contributed by atoms with Crippen molar-refractivity contribution in [1.82, 2.24) is 24.8 Å². The first-order chi connectivity index (χ1) is 17.7. The molecule has 3 aromatic heterocycles. The van der Waals surface area contributed by atoms with Gasteiger partial charge in [0.15, 0.2) is 0 Å². The van der Waals surface area contributed by atoms with Crippen LogP contribution < -0.4 is 19.8 Å². The zero-order chi connectivity index (χ0) is 26.2. The fraction of sp³-hybridized carbons (Fsp3) is 0.320. The molecule has 5 rings (SSSR count). The highest BCUT2D eigenvalue weighted by Gasteiger charge is 2.21. The minimum atomic E-state index is -3.47. The first kappa shape index (κ1) is 24.9. The minimum Gasteiger partial charge on any atom is -0.364 e. The Hall–Kier alpha value is -3.77. The molecule has 1 aliphatic rings. The Morgan fingerprint density at radius 2 is 2.08 bits per heavy atom. The van der Waals surface area contributed by atoms with Crippen molar-refractivity contribution in [3.63, 3.8) is 0 Å². The first-order valence-corrected chi connectivity index (χ1v) is 13.8. The topological polar surface area (TPSA) is 108 Å². The van der Waals surface area contributed by atoms with Crippen LogP contribution in [-0.4, -0.2) is 66.9 Å². The average molecular weight is 525 g/mol. The summed E-state index contributed by atoms with van der Waals surface area (Å²) in [5.41, 5.74) is 2.50. The molecule has 194 valence electrons. The Bertz CT molecular complexity index is 1540. The number of pyridine rings is 1. The van der Waals surface area contributed by atoms with Crippen molar-refractivity contribution < 1.29 is 12.8 Å². The number of sulfonamides is 1. The summed E-state index contributed by atoms with van der Waals surface area (Å²) >= 11 is 0. The number of aromatic nitrogens is 4. The van der Waals surface area contributed by atoms with Crippen LogP contribution in [0.5, 0.6) is 0 Å². The van der Waals surface area contributed by atoms with Gasteiger partial charge in [0.2, 0.25) is 16.0 Å². The van der Waals surface area contributed by atoms with Gasteiger partial charge in [-0.15, -0.1) is 0 Å². The van der Waals surface area contributed by atoms with E-state index in [9.17, 15) is 8.42 Å². The Balaban J connectivity index is 1.40. The predicted octanol–water partition coefficient (Wildman–Crippen LogP) is 2.95. The number of benzene rings is 1. The fourth-order valence-corrected chi connectivity index (χ4v) is 4.96. The van der Waals surface area contributed by atoms with E-state index < -0.39 is 10.0 Å². The average Bonchev–Trinajstić information content (AvgIpc) is 3.26. The minimum absolute atomic E-state index is 0.207. The molecule has 4 aromatic rings. The van der Waals surface area contributed by atoms with Gasteiger partial charge in [0.1, 0.15) is 17.3 Å². The van der Waals surface area contributed by atoms with Crippen LogP contribution in [0, 0.1) is 5.82 Å². The Morgan fingerprint density at radius 1 is 1.24 bits per heavy atom. The highest BCUT2D eigenvalue weighted by atomic mass is 32.2. The normalized spacial score (nSPS) is 16.2. The Morgan fingerprint density at radius 3 is 2.84 bits per heavy atom. The molecule has 1 fully saturated rings. The molecule has 10 nitrogen and oxygen atoms in total.